The normalized spacial score (nSPS) is 12.6. The van der Waals surface area contributed by atoms with Crippen molar-refractivity contribution < 1.29 is 33.0 Å². The van der Waals surface area contributed by atoms with E-state index in [9.17, 15) is 22.8 Å². The molecule has 1 atom stereocenters. The van der Waals surface area contributed by atoms with Crippen molar-refractivity contribution in [3.05, 3.63) is 29.8 Å². The van der Waals surface area contributed by atoms with Gasteiger partial charge in [-0.05, 0) is 24.3 Å². The van der Waals surface area contributed by atoms with Crippen molar-refractivity contribution in [1.82, 2.24) is 5.32 Å². The van der Waals surface area contributed by atoms with E-state index in [0.717, 1.165) is 24.3 Å². The topological polar surface area (TPSA) is 98.7 Å². The van der Waals surface area contributed by atoms with E-state index < -0.39 is 29.8 Å². The third-order valence-electron chi connectivity index (χ3n) is 2.46. The van der Waals surface area contributed by atoms with Crippen LogP contribution in [0, 0.1) is 0 Å². The number of rotatable bonds is 5. The molecule has 0 aliphatic heterocycles. The zero-order valence-corrected chi connectivity index (χ0v) is 10.6. The van der Waals surface area contributed by atoms with E-state index >= 15 is 0 Å². The van der Waals surface area contributed by atoms with Crippen molar-refractivity contribution in [3.63, 3.8) is 0 Å². The molecule has 0 saturated carbocycles. The number of urea groups is 1. The Labute approximate surface area is 117 Å². The van der Waals surface area contributed by atoms with Gasteiger partial charge in [-0.3, -0.25) is 0 Å². The number of amides is 2. The van der Waals surface area contributed by atoms with Crippen LogP contribution >= 0.6 is 0 Å². The molecular formula is C12H13F3N2O4. The van der Waals surface area contributed by atoms with E-state index in [1.165, 1.54) is 0 Å². The number of aliphatic hydroxyl groups excluding tert-OH is 1. The number of hydrogen-bond acceptors (Lipinski definition) is 3. The maximum absolute atomic E-state index is 12.3. The molecule has 0 fully saturated rings. The van der Waals surface area contributed by atoms with Gasteiger partial charge in [0.1, 0.15) is 0 Å². The van der Waals surface area contributed by atoms with E-state index in [4.69, 9.17) is 10.2 Å². The number of benzene rings is 1. The van der Waals surface area contributed by atoms with Crippen LogP contribution < -0.4 is 10.6 Å². The fourth-order valence-corrected chi connectivity index (χ4v) is 1.36. The van der Waals surface area contributed by atoms with Crippen LogP contribution in [0.2, 0.25) is 0 Å². The monoisotopic (exact) mass is 306 g/mol. The number of aliphatic carboxylic acids is 1. The van der Waals surface area contributed by atoms with Gasteiger partial charge < -0.3 is 20.8 Å². The second kappa shape index (κ2) is 6.93. The molecule has 2 amide bonds. The lowest BCUT2D eigenvalue weighted by Gasteiger charge is -2.10. The predicted molar refractivity (Wildman–Crippen MR) is 66.7 cm³/mol. The maximum atomic E-state index is 12.3. The minimum absolute atomic E-state index is 0.0973. The zero-order chi connectivity index (χ0) is 16.0. The molecule has 0 saturated heterocycles. The highest BCUT2D eigenvalue weighted by Crippen LogP contribution is 2.29. The summed E-state index contributed by atoms with van der Waals surface area (Å²) in [5.74, 6) is -1.40. The Kier molecular flexibility index (Phi) is 5.53. The number of carbonyl (C=O) groups is 2. The number of carboxylic acid groups (broad SMARTS) is 1. The Morgan fingerprint density at radius 1 is 1.19 bits per heavy atom. The standard InChI is InChI=1S/C12H13F3N2O4/c13-12(14,15)7-1-3-8(4-2-7)17-11(21)16-6-5-9(18)10(19)20/h1-4,9,18H,5-6H2,(H,19,20)(H2,16,17,21). The molecule has 116 valence electrons. The van der Waals surface area contributed by atoms with Gasteiger partial charge in [0.2, 0.25) is 0 Å². The Morgan fingerprint density at radius 2 is 1.76 bits per heavy atom. The molecular weight excluding hydrogens is 293 g/mol. The third-order valence-corrected chi connectivity index (χ3v) is 2.46. The number of hydrogen-bond donors (Lipinski definition) is 4. The van der Waals surface area contributed by atoms with Crippen LogP contribution in [0.25, 0.3) is 0 Å². The summed E-state index contributed by atoms with van der Waals surface area (Å²) in [5, 5.41) is 21.9. The Hall–Kier alpha value is -2.29. The summed E-state index contributed by atoms with van der Waals surface area (Å²) in [5.41, 5.74) is -0.683. The van der Waals surface area contributed by atoms with Gasteiger partial charge in [-0.1, -0.05) is 0 Å². The highest BCUT2D eigenvalue weighted by Gasteiger charge is 2.29. The average Bonchev–Trinajstić information content (AvgIpc) is 2.38. The summed E-state index contributed by atoms with van der Waals surface area (Å²) < 4.78 is 37.0. The quantitative estimate of drug-likeness (QED) is 0.665. The van der Waals surface area contributed by atoms with Crippen LogP contribution in [0.3, 0.4) is 0 Å². The number of aliphatic hydroxyl groups is 1. The lowest BCUT2D eigenvalue weighted by molar-refractivity contribution is -0.146. The minimum Gasteiger partial charge on any atom is -0.479 e. The van der Waals surface area contributed by atoms with Gasteiger partial charge in [0.25, 0.3) is 0 Å². The Bertz CT molecular complexity index is 502. The van der Waals surface area contributed by atoms with Crippen LogP contribution in [0.1, 0.15) is 12.0 Å². The molecule has 0 bridgehead atoms. The molecule has 0 aromatic heterocycles. The van der Waals surface area contributed by atoms with Crippen molar-refractivity contribution in [2.24, 2.45) is 0 Å². The first-order valence-electron chi connectivity index (χ1n) is 5.83. The summed E-state index contributed by atoms with van der Waals surface area (Å²) in [4.78, 5) is 21.7. The van der Waals surface area contributed by atoms with Crippen LogP contribution in [-0.2, 0) is 11.0 Å². The molecule has 1 unspecified atom stereocenters. The van der Waals surface area contributed by atoms with Gasteiger partial charge in [-0.15, -0.1) is 0 Å². The number of alkyl halides is 3. The van der Waals surface area contributed by atoms with E-state index in [0.29, 0.717) is 0 Å². The van der Waals surface area contributed by atoms with Gasteiger partial charge in [0.05, 0.1) is 5.56 Å². The van der Waals surface area contributed by atoms with Crippen LogP contribution in [0.5, 0.6) is 0 Å². The van der Waals surface area contributed by atoms with Gasteiger partial charge in [-0.2, -0.15) is 13.2 Å². The molecule has 0 aliphatic rings. The van der Waals surface area contributed by atoms with Crippen molar-refractivity contribution in [3.8, 4) is 0 Å². The molecule has 0 aliphatic carbocycles. The highest BCUT2D eigenvalue weighted by atomic mass is 19.4. The molecule has 1 rings (SSSR count). The average molecular weight is 306 g/mol. The SMILES string of the molecule is O=C(NCCC(O)C(=O)O)Nc1ccc(C(F)(F)F)cc1. The molecule has 1 aromatic carbocycles. The molecule has 21 heavy (non-hydrogen) atoms. The van der Waals surface area contributed by atoms with E-state index in [1.807, 2.05) is 0 Å². The number of nitrogens with one attached hydrogen (secondary N) is 2. The van der Waals surface area contributed by atoms with Crippen LogP contribution in [0.4, 0.5) is 23.7 Å². The number of anilines is 1. The summed E-state index contributed by atoms with van der Waals surface area (Å²) in [7, 11) is 0. The van der Waals surface area contributed by atoms with Gasteiger partial charge in [0, 0.05) is 18.7 Å². The molecule has 4 N–H and O–H groups in total. The maximum Gasteiger partial charge on any atom is 0.416 e. The molecule has 6 nitrogen and oxygen atoms in total. The summed E-state index contributed by atoms with van der Waals surface area (Å²) in [6.45, 7) is -0.0973. The largest absolute Gasteiger partial charge is 0.479 e. The first-order valence-corrected chi connectivity index (χ1v) is 5.83. The summed E-state index contributed by atoms with van der Waals surface area (Å²) in [6.07, 6.45) is -6.22. The second-order valence-corrected chi connectivity index (χ2v) is 4.10. The molecule has 0 spiro atoms. The second-order valence-electron chi connectivity index (χ2n) is 4.10. The zero-order valence-electron chi connectivity index (χ0n) is 10.6. The minimum atomic E-state index is -4.45. The number of carbonyl (C=O) groups excluding carboxylic acids is 1. The molecule has 9 heteroatoms. The van der Waals surface area contributed by atoms with Crippen LogP contribution in [0.15, 0.2) is 24.3 Å². The van der Waals surface area contributed by atoms with E-state index in [1.54, 1.807) is 0 Å². The lowest BCUT2D eigenvalue weighted by atomic mass is 10.2. The first-order chi connectivity index (χ1) is 9.70. The van der Waals surface area contributed by atoms with E-state index in [2.05, 4.69) is 10.6 Å². The predicted octanol–water partition coefficient (Wildman–Crippen LogP) is 1.66. The van der Waals surface area contributed by atoms with Gasteiger partial charge >= 0.3 is 18.2 Å². The fourth-order valence-electron chi connectivity index (χ4n) is 1.36. The molecule has 0 heterocycles. The fraction of sp³-hybridized carbons (Fsp3) is 0.333. The van der Waals surface area contributed by atoms with Crippen molar-refractivity contribution in [1.29, 1.82) is 0 Å². The molecule has 0 radical (unpaired) electrons. The highest BCUT2D eigenvalue weighted by molar-refractivity contribution is 5.89. The third kappa shape index (κ3) is 5.69. The van der Waals surface area contributed by atoms with E-state index in [-0.39, 0.29) is 18.7 Å². The smallest absolute Gasteiger partial charge is 0.416 e. The number of carboxylic acids is 1. The van der Waals surface area contributed by atoms with Crippen LogP contribution in [-0.4, -0.2) is 34.9 Å². The summed E-state index contributed by atoms with van der Waals surface area (Å²) in [6, 6.07) is 3.11. The summed E-state index contributed by atoms with van der Waals surface area (Å²) >= 11 is 0. The number of halogens is 3. The van der Waals surface area contributed by atoms with Crippen molar-refractivity contribution >= 4 is 17.7 Å². The van der Waals surface area contributed by atoms with Crippen molar-refractivity contribution in [2.45, 2.75) is 18.7 Å². The van der Waals surface area contributed by atoms with Gasteiger partial charge in [-0.25, -0.2) is 9.59 Å². The first kappa shape index (κ1) is 16.8. The lowest BCUT2D eigenvalue weighted by Crippen LogP contribution is -2.33. The molecule has 1 aromatic rings. The van der Waals surface area contributed by atoms with Gasteiger partial charge in [0.15, 0.2) is 6.10 Å². The van der Waals surface area contributed by atoms with Crippen molar-refractivity contribution in [2.75, 3.05) is 11.9 Å². The Balaban J connectivity index is 2.43. The Morgan fingerprint density at radius 3 is 2.24 bits per heavy atom.